The van der Waals surface area contributed by atoms with Crippen LogP contribution in [-0.2, 0) is 54.5 Å². The van der Waals surface area contributed by atoms with Gasteiger partial charge in [0.25, 0.3) is 11.8 Å². The zero-order chi connectivity index (χ0) is 42.6. The van der Waals surface area contributed by atoms with Crippen molar-refractivity contribution in [2.24, 2.45) is 5.92 Å². The van der Waals surface area contributed by atoms with Crippen molar-refractivity contribution >= 4 is 52.4 Å². The molecule has 60 heavy (non-hydrogen) atoms. The number of ketones is 1. The van der Waals surface area contributed by atoms with E-state index in [1.165, 1.54) is 23.5 Å². The average molecular weight is 831 g/mol. The number of hydrogen-bond donors (Lipinski definition) is 7. The Hall–Kier alpha value is -6.48. The van der Waals surface area contributed by atoms with Crippen molar-refractivity contribution < 1.29 is 44.1 Å². The largest absolute Gasteiger partial charge is 0.481 e. The minimum Gasteiger partial charge on any atom is -0.481 e. The molecule has 5 aromatic rings. The minimum absolute atomic E-state index is 0.0302. The Morgan fingerprint density at radius 2 is 1.12 bits per heavy atom. The van der Waals surface area contributed by atoms with E-state index in [0.29, 0.717) is 16.0 Å². The van der Waals surface area contributed by atoms with Gasteiger partial charge in [-0.25, -0.2) is 0 Å². The molecule has 4 aromatic carbocycles. The summed E-state index contributed by atoms with van der Waals surface area (Å²) in [6.07, 6.45) is -4.87. The lowest BCUT2D eigenvalue weighted by atomic mass is 9.88. The summed E-state index contributed by atoms with van der Waals surface area (Å²) < 4.78 is 0. The molecule has 0 spiro atoms. The van der Waals surface area contributed by atoms with Gasteiger partial charge in [-0.05, 0) is 70.2 Å². The molecule has 3 heterocycles. The zero-order valence-corrected chi connectivity index (χ0v) is 33.3. The highest BCUT2D eigenvalue weighted by molar-refractivity contribution is 7.09. The van der Waals surface area contributed by atoms with Gasteiger partial charge in [0.1, 0.15) is 12.1 Å². The Kier molecular flexibility index (Phi) is 14.7. The molecule has 4 amide bonds. The van der Waals surface area contributed by atoms with E-state index >= 15 is 0 Å². The van der Waals surface area contributed by atoms with Gasteiger partial charge in [-0.15, -0.1) is 11.3 Å². The topological polar surface area (TPSA) is 211 Å². The summed E-state index contributed by atoms with van der Waals surface area (Å²) >= 11 is 1.31. The van der Waals surface area contributed by atoms with Crippen LogP contribution >= 0.6 is 11.3 Å². The molecule has 6 atom stereocenters. The third kappa shape index (κ3) is 12.0. The number of rotatable bonds is 9. The van der Waals surface area contributed by atoms with Crippen LogP contribution in [0.25, 0.3) is 11.1 Å². The van der Waals surface area contributed by atoms with Crippen LogP contribution in [0.5, 0.6) is 0 Å². The van der Waals surface area contributed by atoms with Gasteiger partial charge in [-0.3, -0.25) is 28.8 Å². The molecule has 310 valence electrons. The number of Topliss-reactive ketones (excluding diaryl/α,β-unsaturated/α-hetero) is 1. The predicted molar refractivity (Wildman–Crippen MR) is 226 cm³/mol. The van der Waals surface area contributed by atoms with E-state index < -0.39 is 71.6 Å². The van der Waals surface area contributed by atoms with E-state index in [4.69, 9.17) is 0 Å². The Balaban J connectivity index is 1.37. The number of fused-ring (bicyclic) bond motifs is 18. The number of thiophene rings is 1. The minimum atomic E-state index is -2.28. The van der Waals surface area contributed by atoms with Crippen LogP contribution in [0.1, 0.15) is 34.4 Å². The van der Waals surface area contributed by atoms with Gasteiger partial charge in [0.2, 0.25) is 11.8 Å². The maximum absolute atomic E-state index is 14.5. The second-order valence-corrected chi connectivity index (χ2v) is 15.9. The summed E-state index contributed by atoms with van der Waals surface area (Å²) in [7, 11) is 0. The smallest absolute Gasteiger partial charge is 0.303 e. The highest BCUT2D eigenvalue weighted by atomic mass is 32.1. The SMILES string of the molecule is O=C(O)C[C@H]1CC(=O)[C@@H](Cc2ccccc2)NC(=O)[C@H](Cc2ccc(-c3ccccc3)cc2)NC(=O)[C@@H](Cc2cccs2)NC(=O)[C@H](O)[C@@H](O)C(=O)Nc2ccc(cc2)C1. The Bertz CT molecular complexity index is 2250. The van der Waals surface area contributed by atoms with Crippen LogP contribution in [0.15, 0.2) is 127 Å². The van der Waals surface area contributed by atoms with Gasteiger partial charge in [0, 0.05) is 36.2 Å². The quantitative estimate of drug-likeness (QED) is 0.107. The molecule has 1 aromatic heterocycles. The molecule has 0 unspecified atom stereocenters. The number of carbonyl (C=O) groups is 6. The van der Waals surface area contributed by atoms with Crippen LogP contribution in [0.2, 0.25) is 0 Å². The number of benzene rings is 4. The van der Waals surface area contributed by atoms with E-state index in [0.717, 1.165) is 16.7 Å². The Morgan fingerprint density at radius 3 is 1.75 bits per heavy atom. The molecule has 7 rings (SSSR count). The Morgan fingerprint density at radius 1 is 0.567 bits per heavy atom. The van der Waals surface area contributed by atoms with Gasteiger partial charge >= 0.3 is 5.97 Å². The highest BCUT2D eigenvalue weighted by Gasteiger charge is 2.35. The molecular formula is C46H46N4O9S. The number of aliphatic hydroxyl groups is 2. The summed E-state index contributed by atoms with van der Waals surface area (Å²) in [4.78, 5) is 82.1. The molecule has 0 radical (unpaired) electrons. The first-order valence-corrected chi connectivity index (χ1v) is 20.4. The maximum atomic E-state index is 14.5. The standard InChI is InChI=1S/C46H46N4O9S/c51-39-25-31(26-40(52)53)22-29-15-19-34(20-16-29)47-45(58)41(54)42(55)46(59)50-38(27-35-12-7-21-60-35)44(57)49-37(43(56)48-36(39)23-28-8-3-1-4-9-28)24-30-13-17-33(18-14-30)32-10-5-2-6-11-32/h1-21,31,36-38,41-42,54-55H,22-27H2,(H,47,58)(H,48,56)(H,49,57)(H,50,59)(H,52,53)/t31-,36-,37+,38-,41-,42-/m1/s1. The van der Waals surface area contributed by atoms with E-state index in [-0.39, 0.29) is 44.2 Å². The van der Waals surface area contributed by atoms with Crippen molar-refractivity contribution in [2.45, 2.75) is 68.9 Å². The number of nitrogens with one attached hydrogen (secondary N) is 4. The summed E-state index contributed by atoms with van der Waals surface area (Å²) in [5.41, 5.74) is 4.18. The van der Waals surface area contributed by atoms with Gasteiger partial charge in [-0.2, -0.15) is 0 Å². The monoisotopic (exact) mass is 830 g/mol. The van der Waals surface area contributed by atoms with Gasteiger partial charge < -0.3 is 36.6 Å². The lowest BCUT2D eigenvalue weighted by Gasteiger charge is -2.27. The van der Waals surface area contributed by atoms with E-state index in [1.54, 1.807) is 41.8 Å². The zero-order valence-electron chi connectivity index (χ0n) is 32.5. The van der Waals surface area contributed by atoms with Crippen molar-refractivity contribution in [3.05, 3.63) is 148 Å². The molecule has 7 N–H and O–H groups in total. The number of hydrogen-bond acceptors (Lipinski definition) is 9. The first kappa shape index (κ1) is 43.1. The van der Waals surface area contributed by atoms with Crippen molar-refractivity contribution in [1.29, 1.82) is 0 Å². The molecule has 0 saturated carbocycles. The fraction of sp³-hybridized carbons (Fsp3) is 0.261. The highest BCUT2D eigenvalue weighted by Crippen LogP contribution is 2.23. The normalized spacial score (nSPS) is 22.1. The molecule has 0 fully saturated rings. The van der Waals surface area contributed by atoms with Crippen molar-refractivity contribution in [3.63, 3.8) is 0 Å². The van der Waals surface area contributed by atoms with Crippen LogP contribution in [0.3, 0.4) is 0 Å². The number of aliphatic hydroxyl groups excluding tert-OH is 2. The summed E-state index contributed by atoms with van der Waals surface area (Å²) in [6, 6.07) is 32.1. The number of aliphatic carboxylic acids is 1. The average Bonchev–Trinajstić information content (AvgIpc) is 3.76. The molecule has 2 bridgehead atoms. The maximum Gasteiger partial charge on any atom is 0.303 e. The molecule has 14 heteroatoms. The fourth-order valence-electron chi connectivity index (χ4n) is 7.10. The summed E-state index contributed by atoms with van der Waals surface area (Å²) in [5.74, 6) is -5.99. The van der Waals surface area contributed by atoms with Crippen LogP contribution in [-0.4, -0.2) is 81.0 Å². The number of carbonyl (C=O) groups excluding carboxylic acids is 5. The number of amides is 4. The third-order valence-electron chi connectivity index (χ3n) is 10.3. The molecule has 2 aliphatic heterocycles. The van der Waals surface area contributed by atoms with Crippen LogP contribution < -0.4 is 21.3 Å². The van der Waals surface area contributed by atoms with E-state index in [2.05, 4.69) is 21.3 Å². The van der Waals surface area contributed by atoms with Gasteiger partial charge in [-0.1, -0.05) is 103 Å². The first-order chi connectivity index (χ1) is 28.9. The second-order valence-electron chi connectivity index (χ2n) is 14.8. The van der Waals surface area contributed by atoms with Gasteiger partial charge in [0.05, 0.1) is 6.04 Å². The number of carboxylic acid groups (broad SMARTS) is 1. The summed E-state index contributed by atoms with van der Waals surface area (Å²) in [5, 5.41) is 43.7. The molecule has 0 saturated heterocycles. The van der Waals surface area contributed by atoms with Crippen LogP contribution in [0, 0.1) is 5.92 Å². The predicted octanol–water partition coefficient (Wildman–Crippen LogP) is 3.86. The lowest BCUT2D eigenvalue weighted by molar-refractivity contribution is -0.144. The lowest BCUT2D eigenvalue weighted by Crippen LogP contribution is -2.58. The van der Waals surface area contributed by atoms with Crippen LogP contribution in [0.4, 0.5) is 5.69 Å². The molecule has 0 aliphatic carbocycles. The van der Waals surface area contributed by atoms with Crippen molar-refractivity contribution in [2.75, 3.05) is 5.32 Å². The second kappa shape index (κ2) is 20.5. The fourth-order valence-corrected chi connectivity index (χ4v) is 7.85. The molecule has 2 aliphatic rings. The number of anilines is 1. The van der Waals surface area contributed by atoms with E-state index in [9.17, 15) is 44.1 Å². The third-order valence-corrected chi connectivity index (χ3v) is 11.2. The van der Waals surface area contributed by atoms with Crippen molar-refractivity contribution in [1.82, 2.24) is 16.0 Å². The van der Waals surface area contributed by atoms with Crippen molar-refractivity contribution in [3.8, 4) is 11.1 Å². The molecular weight excluding hydrogens is 785 g/mol. The number of carboxylic acids is 1. The molecule has 13 nitrogen and oxygen atoms in total. The van der Waals surface area contributed by atoms with Gasteiger partial charge in [0.15, 0.2) is 18.0 Å². The Labute approximate surface area is 350 Å². The first-order valence-electron chi connectivity index (χ1n) is 19.5. The van der Waals surface area contributed by atoms with E-state index in [1.807, 2.05) is 72.8 Å². The summed E-state index contributed by atoms with van der Waals surface area (Å²) in [6.45, 7) is 0.